The Kier molecular flexibility index (Phi) is 4.17. The van der Waals surface area contributed by atoms with Gasteiger partial charge in [-0.3, -0.25) is 14.5 Å². The summed E-state index contributed by atoms with van der Waals surface area (Å²) >= 11 is 0. The molecule has 4 rings (SSSR count). The summed E-state index contributed by atoms with van der Waals surface area (Å²) in [5, 5.41) is 4.71. The van der Waals surface area contributed by atoms with Crippen molar-refractivity contribution in [3.63, 3.8) is 0 Å². The molecule has 3 aliphatic heterocycles. The molecule has 1 aromatic rings. The number of hydrogen-bond donors (Lipinski definition) is 0. The molecule has 22 heavy (non-hydrogen) atoms. The minimum atomic E-state index is 0.720. The van der Waals surface area contributed by atoms with E-state index < -0.39 is 0 Å². The molecule has 2 saturated heterocycles. The van der Waals surface area contributed by atoms with Crippen LogP contribution in [0.1, 0.15) is 18.3 Å². The molecule has 0 amide bonds. The third-order valence-corrected chi connectivity index (χ3v) is 5.31. The number of nitrogens with zero attached hydrogens (tertiary/aromatic N) is 5. The highest BCUT2D eigenvalue weighted by Gasteiger charge is 2.33. The van der Waals surface area contributed by atoms with E-state index in [9.17, 15) is 0 Å². The van der Waals surface area contributed by atoms with Crippen molar-refractivity contribution in [3.05, 3.63) is 17.5 Å². The molecule has 0 N–H and O–H groups in total. The third kappa shape index (κ3) is 2.93. The Hall–Kier alpha value is -0.950. The number of likely N-dealkylation sites (N-methyl/N-ethyl adjacent to an activating group) is 1. The highest BCUT2D eigenvalue weighted by atomic mass is 16.5. The summed E-state index contributed by atoms with van der Waals surface area (Å²) in [6.07, 6.45) is 0. The lowest BCUT2D eigenvalue weighted by atomic mass is 10.1. The summed E-state index contributed by atoms with van der Waals surface area (Å²) in [6.45, 7) is 14.2. The zero-order valence-electron chi connectivity index (χ0n) is 13.6. The molecule has 1 aromatic heterocycles. The Morgan fingerprint density at radius 1 is 1.14 bits per heavy atom. The number of likely N-dealkylation sites (tertiary alicyclic amines) is 1. The largest absolute Gasteiger partial charge is 0.373 e. The maximum absolute atomic E-state index is 5.48. The highest BCUT2D eigenvalue weighted by Crippen LogP contribution is 2.20. The van der Waals surface area contributed by atoms with Crippen LogP contribution in [0.3, 0.4) is 0 Å². The van der Waals surface area contributed by atoms with Crippen LogP contribution in [0.25, 0.3) is 0 Å². The SMILES string of the molecule is CCN1CCN(C2CN(Cc3cc4n(n3)CCOC4)C2)CC1. The average molecular weight is 305 g/mol. The molecule has 0 bridgehead atoms. The van der Waals surface area contributed by atoms with Crippen LogP contribution in [0.15, 0.2) is 6.07 Å². The van der Waals surface area contributed by atoms with E-state index in [1.165, 1.54) is 57.2 Å². The number of rotatable bonds is 4. The molecule has 0 spiro atoms. The third-order valence-electron chi connectivity index (χ3n) is 5.31. The zero-order chi connectivity index (χ0) is 14.9. The van der Waals surface area contributed by atoms with Crippen LogP contribution in [0.4, 0.5) is 0 Å². The second kappa shape index (κ2) is 6.28. The van der Waals surface area contributed by atoms with Gasteiger partial charge in [-0.2, -0.15) is 5.10 Å². The smallest absolute Gasteiger partial charge is 0.0885 e. The molecule has 122 valence electrons. The molecular weight excluding hydrogens is 278 g/mol. The van der Waals surface area contributed by atoms with Crippen molar-refractivity contribution in [3.8, 4) is 0 Å². The first-order valence-corrected chi connectivity index (χ1v) is 8.64. The van der Waals surface area contributed by atoms with Crippen LogP contribution in [0, 0.1) is 0 Å². The molecule has 0 radical (unpaired) electrons. The van der Waals surface area contributed by atoms with Crippen molar-refractivity contribution in [1.29, 1.82) is 0 Å². The van der Waals surface area contributed by atoms with Gasteiger partial charge in [0.05, 0.1) is 31.1 Å². The van der Waals surface area contributed by atoms with Crippen molar-refractivity contribution < 1.29 is 4.74 Å². The van der Waals surface area contributed by atoms with E-state index in [-0.39, 0.29) is 0 Å². The highest BCUT2D eigenvalue weighted by molar-refractivity contribution is 5.11. The summed E-state index contributed by atoms with van der Waals surface area (Å²) in [7, 11) is 0. The second-order valence-corrected chi connectivity index (χ2v) is 6.72. The number of aromatic nitrogens is 2. The van der Waals surface area contributed by atoms with Crippen molar-refractivity contribution >= 4 is 0 Å². The summed E-state index contributed by atoms with van der Waals surface area (Å²) in [6, 6.07) is 2.98. The maximum Gasteiger partial charge on any atom is 0.0885 e. The van der Waals surface area contributed by atoms with Crippen LogP contribution in [-0.4, -0.2) is 82.9 Å². The molecule has 4 heterocycles. The molecule has 0 aliphatic carbocycles. The first-order chi connectivity index (χ1) is 10.8. The molecule has 0 aromatic carbocycles. The van der Waals surface area contributed by atoms with Crippen LogP contribution in [0.5, 0.6) is 0 Å². The number of fused-ring (bicyclic) bond motifs is 1. The van der Waals surface area contributed by atoms with Gasteiger partial charge < -0.3 is 9.64 Å². The van der Waals surface area contributed by atoms with Crippen LogP contribution < -0.4 is 0 Å². The van der Waals surface area contributed by atoms with E-state index in [0.29, 0.717) is 0 Å². The van der Waals surface area contributed by atoms with E-state index in [2.05, 4.69) is 32.4 Å². The Balaban J connectivity index is 1.25. The van der Waals surface area contributed by atoms with Crippen molar-refractivity contribution in [2.75, 3.05) is 52.4 Å². The number of hydrogen-bond acceptors (Lipinski definition) is 5. The number of piperazine rings is 1. The summed E-state index contributed by atoms with van der Waals surface area (Å²) in [4.78, 5) is 7.74. The maximum atomic E-state index is 5.48. The topological polar surface area (TPSA) is 36.8 Å². The fraction of sp³-hybridized carbons (Fsp3) is 0.812. The van der Waals surface area contributed by atoms with Crippen molar-refractivity contribution in [2.24, 2.45) is 0 Å². The lowest BCUT2D eigenvalue weighted by Crippen LogP contribution is -2.62. The van der Waals surface area contributed by atoms with Crippen molar-refractivity contribution in [1.82, 2.24) is 24.5 Å². The van der Waals surface area contributed by atoms with Gasteiger partial charge in [0.15, 0.2) is 0 Å². The lowest BCUT2D eigenvalue weighted by Gasteiger charge is -2.48. The Morgan fingerprint density at radius 3 is 2.68 bits per heavy atom. The molecule has 3 aliphatic rings. The predicted molar refractivity (Wildman–Crippen MR) is 84.6 cm³/mol. The molecule has 2 fully saturated rings. The van der Waals surface area contributed by atoms with E-state index >= 15 is 0 Å². The van der Waals surface area contributed by atoms with Gasteiger partial charge in [-0.15, -0.1) is 0 Å². The fourth-order valence-corrected chi connectivity index (χ4v) is 3.81. The first-order valence-electron chi connectivity index (χ1n) is 8.64. The van der Waals surface area contributed by atoms with Crippen molar-refractivity contribution in [2.45, 2.75) is 32.7 Å². The molecule has 0 unspecified atom stereocenters. The van der Waals surface area contributed by atoms with Crippen LogP contribution in [0.2, 0.25) is 0 Å². The van der Waals surface area contributed by atoms with E-state index in [4.69, 9.17) is 9.84 Å². The second-order valence-electron chi connectivity index (χ2n) is 6.72. The Morgan fingerprint density at radius 2 is 1.95 bits per heavy atom. The van der Waals surface area contributed by atoms with Gasteiger partial charge in [0, 0.05) is 51.9 Å². The number of ether oxygens (including phenoxy) is 1. The standard InChI is InChI=1S/C16H27N5O/c1-2-18-3-5-20(6-4-18)16-11-19(12-16)10-14-9-15-13-22-8-7-21(15)17-14/h9,16H,2-8,10-13H2,1H3. The predicted octanol–water partition coefficient (Wildman–Crippen LogP) is 0.235. The quantitative estimate of drug-likeness (QED) is 0.796. The summed E-state index contributed by atoms with van der Waals surface area (Å²) < 4.78 is 7.59. The van der Waals surface area contributed by atoms with Gasteiger partial charge >= 0.3 is 0 Å². The molecule has 6 heteroatoms. The van der Waals surface area contributed by atoms with Crippen LogP contribution in [-0.2, 0) is 24.4 Å². The monoisotopic (exact) mass is 305 g/mol. The Bertz CT molecular complexity index is 479. The van der Waals surface area contributed by atoms with Gasteiger partial charge in [0.2, 0.25) is 0 Å². The first kappa shape index (κ1) is 14.6. The van der Waals surface area contributed by atoms with E-state index in [1.807, 2.05) is 0 Å². The minimum absolute atomic E-state index is 0.720. The van der Waals surface area contributed by atoms with Gasteiger partial charge in [-0.1, -0.05) is 6.92 Å². The molecular formula is C16H27N5O. The normalized spacial score (nSPS) is 25.1. The van der Waals surface area contributed by atoms with Crippen LogP contribution >= 0.6 is 0 Å². The fourth-order valence-electron chi connectivity index (χ4n) is 3.81. The van der Waals surface area contributed by atoms with E-state index in [1.54, 1.807) is 0 Å². The molecule has 6 nitrogen and oxygen atoms in total. The van der Waals surface area contributed by atoms with E-state index in [0.717, 1.165) is 32.3 Å². The van der Waals surface area contributed by atoms with Gasteiger partial charge in [-0.25, -0.2) is 0 Å². The van der Waals surface area contributed by atoms with Gasteiger partial charge in [0.25, 0.3) is 0 Å². The average Bonchev–Trinajstić information content (AvgIpc) is 2.93. The van der Waals surface area contributed by atoms with Gasteiger partial charge in [0.1, 0.15) is 0 Å². The summed E-state index contributed by atoms with van der Waals surface area (Å²) in [5.74, 6) is 0. The molecule has 0 saturated carbocycles. The Labute approximate surface area is 132 Å². The molecule has 0 atom stereocenters. The van der Waals surface area contributed by atoms with Gasteiger partial charge in [-0.05, 0) is 12.6 Å². The summed E-state index contributed by atoms with van der Waals surface area (Å²) in [5.41, 5.74) is 2.43. The lowest BCUT2D eigenvalue weighted by molar-refractivity contribution is 0.00148. The zero-order valence-corrected chi connectivity index (χ0v) is 13.6. The minimum Gasteiger partial charge on any atom is -0.373 e.